The summed E-state index contributed by atoms with van der Waals surface area (Å²) in [5.74, 6) is 1.70. The van der Waals surface area contributed by atoms with E-state index in [0.717, 1.165) is 38.7 Å². The molecule has 1 aliphatic heterocycles. The molecule has 1 nitrogen and oxygen atoms in total. The van der Waals surface area contributed by atoms with Crippen LogP contribution in [-0.2, 0) is 4.74 Å². The highest BCUT2D eigenvalue weighted by molar-refractivity contribution is 4.91. The predicted octanol–water partition coefficient (Wildman–Crippen LogP) is 5.03. The predicted molar refractivity (Wildman–Crippen MR) is 81.0 cm³/mol. The monoisotopic (exact) mass is 318 g/mol. The van der Waals surface area contributed by atoms with Crippen LogP contribution in [0.1, 0.15) is 58.3 Å². The first kappa shape index (κ1) is 16.6. The lowest BCUT2D eigenvalue weighted by atomic mass is 9.68. The van der Waals surface area contributed by atoms with E-state index >= 15 is 0 Å². The summed E-state index contributed by atoms with van der Waals surface area (Å²) in [6, 6.07) is 0. The quantitative estimate of drug-likeness (QED) is 0.693. The molecule has 4 heteroatoms. The molecule has 3 aliphatic rings. The van der Waals surface area contributed by atoms with Crippen LogP contribution >= 0.6 is 0 Å². The zero-order valence-electron chi connectivity index (χ0n) is 13.5. The van der Waals surface area contributed by atoms with E-state index in [-0.39, 0.29) is 18.8 Å². The number of halogens is 3. The number of hydrogen-bond acceptors (Lipinski definition) is 1. The van der Waals surface area contributed by atoms with Gasteiger partial charge in [-0.25, -0.2) is 13.2 Å². The summed E-state index contributed by atoms with van der Waals surface area (Å²) in [4.78, 5) is 0. The topological polar surface area (TPSA) is 9.23 Å². The second kappa shape index (κ2) is 7.11. The first-order valence-corrected chi connectivity index (χ1v) is 9.08. The number of rotatable bonds is 2. The van der Waals surface area contributed by atoms with Gasteiger partial charge in [-0.3, -0.25) is 0 Å². The maximum atomic E-state index is 13.6. The Morgan fingerprint density at radius 1 is 0.727 bits per heavy atom. The molecule has 4 atom stereocenters. The third-order valence-corrected chi connectivity index (χ3v) is 6.29. The van der Waals surface area contributed by atoms with E-state index in [0.29, 0.717) is 23.9 Å². The van der Waals surface area contributed by atoms with Crippen molar-refractivity contribution in [1.82, 2.24) is 0 Å². The van der Waals surface area contributed by atoms with Crippen LogP contribution in [0.25, 0.3) is 0 Å². The average Bonchev–Trinajstić information content (AvgIpc) is 2.53. The highest BCUT2D eigenvalue weighted by atomic mass is 19.2. The van der Waals surface area contributed by atoms with Crippen molar-refractivity contribution in [3.8, 4) is 0 Å². The fourth-order valence-electron chi connectivity index (χ4n) is 4.81. The number of alkyl halides is 3. The van der Waals surface area contributed by atoms with E-state index in [1.807, 2.05) is 0 Å². The molecule has 0 radical (unpaired) electrons. The standard InChI is InChI=1S/C18H29F3O/c1-11-2-7-17(22-10-11)13-5-3-12(4-6-13)14-8-15(19)18(21)16(20)9-14/h11-18H,2-10H2,1H3. The van der Waals surface area contributed by atoms with Gasteiger partial charge in [0.25, 0.3) is 0 Å². The average molecular weight is 318 g/mol. The van der Waals surface area contributed by atoms with Gasteiger partial charge in [-0.05, 0) is 75.0 Å². The molecule has 2 saturated carbocycles. The maximum absolute atomic E-state index is 13.6. The Balaban J connectivity index is 1.47. The molecule has 22 heavy (non-hydrogen) atoms. The fraction of sp³-hybridized carbons (Fsp3) is 1.00. The van der Waals surface area contributed by atoms with Gasteiger partial charge in [-0.15, -0.1) is 0 Å². The van der Waals surface area contributed by atoms with Gasteiger partial charge in [0.15, 0.2) is 6.17 Å². The number of ether oxygens (including phenoxy) is 1. The minimum absolute atomic E-state index is 0.0326. The third kappa shape index (κ3) is 3.63. The first-order chi connectivity index (χ1) is 10.5. The van der Waals surface area contributed by atoms with Gasteiger partial charge in [0.2, 0.25) is 0 Å². The smallest absolute Gasteiger partial charge is 0.162 e. The van der Waals surface area contributed by atoms with E-state index in [2.05, 4.69) is 6.92 Å². The van der Waals surface area contributed by atoms with Gasteiger partial charge in [0.05, 0.1) is 6.10 Å². The molecule has 0 aromatic carbocycles. The summed E-state index contributed by atoms with van der Waals surface area (Å²) in [5, 5.41) is 0. The molecule has 0 N–H and O–H groups in total. The van der Waals surface area contributed by atoms with Crippen LogP contribution in [0.2, 0.25) is 0 Å². The Kier molecular flexibility index (Phi) is 5.36. The van der Waals surface area contributed by atoms with Crippen molar-refractivity contribution in [3.05, 3.63) is 0 Å². The van der Waals surface area contributed by atoms with Crippen LogP contribution in [0.15, 0.2) is 0 Å². The van der Waals surface area contributed by atoms with E-state index in [1.54, 1.807) is 0 Å². The summed E-state index contributed by atoms with van der Waals surface area (Å²) in [6.07, 6.45) is 2.39. The molecule has 128 valence electrons. The van der Waals surface area contributed by atoms with Gasteiger partial charge in [-0.2, -0.15) is 0 Å². The Morgan fingerprint density at radius 3 is 1.86 bits per heavy atom. The van der Waals surface area contributed by atoms with Crippen LogP contribution in [0.4, 0.5) is 13.2 Å². The minimum Gasteiger partial charge on any atom is -0.378 e. The van der Waals surface area contributed by atoms with E-state index in [9.17, 15) is 13.2 Å². The SMILES string of the molecule is CC1CCC(C2CCC(C3CC(F)C(F)C(F)C3)CC2)OC1. The van der Waals surface area contributed by atoms with Gasteiger partial charge in [0, 0.05) is 6.61 Å². The third-order valence-electron chi connectivity index (χ3n) is 6.29. The number of hydrogen-bond donors (Lipinski definition) is 0. The molecular formula is C18H29F3O. The molecule has 0 aromatic heterocycles. The van der Waals surface area contributed by atoms with Gasteiger partial charge in [0.1, 0.15) is 12.3 Å². The Hall–Kier alpha value is -0.250. The Bertz CT molecular complexity index is 336. The van der Waals surface area contributed by atoms with Gasteiger partial charge < -0.3 is 4.74 Å². The van der Waals surface area contributed by atoms with Crippen molar-refractivity contribution < 1.29 is 17.9 Å². The molecule has 1 saturated heterocycles. The van der Waals surface area contributed by atoms with E-state index < -0.39 is 18.5 Å². The van der Waals surface area contributed by atoms with Crippen molar-refractivity contribution in [2.75, 3.05) is 6.61 Å². The lowest BCUT2D eigenvalue weighted by Gasteiger charge is -2.41. The van der Waals surface area contributed by atoms with Crippen molar-refractivity contribution in [2.45, 2.75) is 82.9 Å². The van der Waals surface area contributed by atoms with Crippen molar-refractivity contribution in [3.63, 3.8) is 0 Å². The highest BCUT2D eigenvalue weighted by Gasteiger charge is 2.42. The largest absolute Gasteiger partial charge is 0.378 e. The molecule has 4 unspecified atom stereocenters. The first-order valence-electron chi connectivity index (χ1n) is 9.08. The molecule has 2 aliphatic carbocycles. The van der Waals surface area contributed by atoms with Crippen molar-refractivity contribution in [2.24, 2.45) is 23.7 Å². The molecule has 0 amide bonds. The molecule has 0 spiro atoms. The molecule has 0 bridgehead atoms. The van der Waals surface area contributed by atoms with Crippen LogP contribution < -0.4 is 0 Å². The second-order valence-electron chi connectivity index (χ2n) is 7.94. The normalized spacial score (nSPS) is 50.7. The lowest BCUT2D eigenvalue weighted by molar-refractivity contribution is -0.0607. The summed E-state index contributed by atoms with van der Waals surface area (Å²) in [5.41, 5.74) is 0. The molecule has 3 fully saturated rings. The fourth-order valence-corrected chi connectivity index (χ4v) is 4.81. The zero-order chi connectivity index (χ0) is 15.7. The molecule has 1 heterocycles. The molecule has 3 rings (SSSR count). The Morgan fingerprint density at radius 2 is 1.32 bits per heavy atom. The highest BCUT2D eigenvalue weighted by Crippen LogP contribution is 2.44. The second-order valence-corrected chi connectivity index (χ2v) is 7.94. The summed E-state index contributed by atoms with van der Waals surface area (Å²) in [6.45, 7) is 3.10. The Labute approximate surface area is 132 Å². The summed E-state index contributed by atoms with van der Waals surface area (Å²) >= 11 is 0. The summed E-state index contributed by atoms with van der Waals surface area (Å²) in [7, 11) is 0. The maximum Gasteiger partial charge on any atom is 0.162 e. The van der Waals surface area contributed by atoms with Gasteiger partial charge in [-0.1, -0.05) is 6.92 Å². The van der Waals surface area contributed by atoms with Crippen molar-refractivity contribution in [1.29, 1.82) is 0 Å². The summed E-state index contributed by atoms with van der Waals surface area (Å²) < 4.78 is 46.5. The van der Waals surface area contributed by atoms with E-state index in [4.69, 9.17) is 4.74 Å². The van der Waals surface area contributed by atoms with Crippen LogP contribution in [-0.4, -0.2) is 31.2 Å². The van der Waals surface area contributed by atoms with Crippen LogP contribution in [0.5, 0.6) is 0 Å². The van der Waals surface area contributed by atoms with Crippen LogP contribution in [0.3, 0.4) is 0 Å². The molecule has 0 aromatic rings. The van der Waals surface area contributed by atoms with Crippen LogP contribution in [0, 0.1) is 23.7 Å². The molecular weight excluding hydrogens is 289 g/mol. The minimum atomic E-state index is -1.90. The zero-order valence-corrected chi connectivity index (χ0v) is 13.5. The lowest BCUT2D eigenvalue weighted by Crippen LogP contribution is -2.41. The van der Waals surface area contributed by atoms with Gasteiger partial charge >= 0.3 is 0 Å². The van der Waals surface area contributed by atoms with E-state index in [1.165, 1.54) is 6.42 Å². The van der Waals surface area contributed by atoms with Crippen molar-refractivity contribution >= 4 is 0 Å².